The van der Waals surface area contributed by atoms with Gasteiger partial charge < -0.3 is 5.73 Å². The fourth-order valence-corrected chi connectivity index (χ4v) is 2.69. The highest BCUT2D eigenvalue weighted by Gasteiger charge is 2.16. The Kier molecular flexibility index (Phi) is 4.55. The predicted octanol–water partition coefficient (Wildman–Crippen LogP) is 3.30. The van der Waals surface area contributed by atoms with Crippen LogP contribution in [0, 0.1) is 0 Å². The maximum atomic E-state index is 6.31. The molecule has 0 radical (unpaired) electrons. The number of benzene rings is 1. The van der Waals surface area contributed by atoms with Crippen molar-refractivity contribution in [2.45, 2.75) is 32.4 Å². The summed E-state index contributed by atoms with van der Waals surface area (Å²) in [6, 6.07) is 10.3. The van der Waals surface area contributed by atoms with Gasteiger partial charge in [-0.2, -0.15) is 5.10 Å². The molecule has 2 aromatic rings. The first-order valence-corrected chi connectivity index (χ1v) is 7.02. The first kappa shape index (κ1) is 13.3. The predicted molar refractivity (Wildman–Crippen MR) is 77.3 cm³/mol. The van der Waals surface area contributed by atoms with Crippen molar-refractivity contribution < 1.29 is 0 Å². The van der Waals surface area contributed by atoms with Gasteiger partial charge in [-0.25, -0.2) is 0 Å². The van der Waals surface area contributed by atoms with Crippen LogP contribution in [0.1, 0.15) is 30.6 Å². The smallest absolute Gasteiger partial charge is 0.0696 e. The van der Waals surface area contributed by atoms with Crippen molar-refractivity contribution in [1.82, 2.24) is 9.78 Å². The number of halogens is 1. The molecule has 0 aliphatic carbocycles. The van der Waals surface area contributed by atoms with E-state index in [1.165, 1.54) is 5.56 Å². The highest BCUT2D eigenvalue weighted by Crippen LogP contribution is 2.24. The third-order valence-electron chi connectivity index (χ3n) is 2.92. The number of nitrogens with zero attached hydrogens (tertiary/aromatic N) is 2. The van der Waals surface area contributed by atoms with Gasteiger partial charge >= 0.3 is 0 Å². The van der Waals surface area contributed by atoms with Crippen molar-refractivity contribution in [1.29, 1.82) is 0 Å². The van der Waals surface area contributed by atoms with Crippen LogP contribution in [-0.4, -0.2) is 9.78 Å². The highest BCUT2D eigenvalue weighted by atomic mass is 79.9. The minimum absolute atomic E-state index is 0.0316. The van der Waals surface area contributed by atoms with Crippen molar-refractivity contribution in [2.75, 3.05) is 0 Å². The molecular formula is C14H18BrN3. The zero-order valence-electron chi connectivity index (χ0n) is 10.5. The minimum Gasteiger partial charge on any atom is -0.322 e. The summed E-state index contributed by atoms with van der Waals surface area (Å²) in [6.45, 7) is 3.05. The molecule has 0 aliphatic heterocycles. The fraction of sp³-hybridized carbons (Fsp3) is 0.357. The Bertz CT molecular complexity index is 493. The number of hydrogen-bond acceptors (Lipinski definition) is 2. The summed E-state index contributed by atoms with van der Waals surface area (Å²) in [7, 11) is 0. The minimum atomic E-state index is -0.0316. The molecule has 0 saturated heterocycles. The molecule has 1 unspecified atom stereocenters. The summed E-state index contributed by atoms with van der Waals surface area (Å²) in [5, 5.41) is 4.36. The maximum Gasteiger partial charge on any atom is 0.0696 e. The lowest BCUT2D eigenvalue weighted by Crippen LogP contribution is -2.19. The van der Waals surface area contributed by atoms with Crippen LogP contribution in [0.25, 0.3) is 0 Å². The monoisotopic (exact) mass is 307 g/mol. The summed E-state index contributed by atoms with van der Waals surface area (Å²) in [4.78, 5) is 0. The van der Waals surface area contributed by atoms with Gasteiger partial charge in [0.25, 0.3) is 0 Å². The molecule has 1 aromatic carbocycles. The summed E-state index contributed by atoms with van der Waals surface area (Å²) in [5.74, 6) is 0. The molecule has 2 N–H and O–H groups in total. The molecule has 0 spiro atoms. The van der Waals surface area contributed by atoms with E-state index in [-0.39, 0.29) is 6.04 Å². The highest BCUT2D eigenvalue weighted by molar-refractivity contribution is 9.10. The van der Waals surface area contributed by atoms with Crippen LogP contribution < -0.4 is 5.73 Å². The summed E-state index contributed by atoms with van der Waals surface area (Å²) >= 11 is 3.54. The molecule has 18 heavy (non-hydrogen) atoms. The molecule has 1 aromatic heterocycles. The van der Waals surface area contributed by atoms with Gasteiger partial charge in [-0.15, -0.1) is 0 Å². The molecule has 1 atom stereocenters. The third-order valence-corrected chi connectivity index (χ3v) is 3.53. The lowest BCUT2D eigenvalue weighted by Gasteiger charge is -2.15. The first-order valence-electron chi connectivity index (χ1n) is 6.23. The van der Waals surface area contributed by atoms with E-state index in [4.69, 9.17) is 5.73 Å². The van der Waals surface area contributed by atoms with Gasteiger partial charge in [0.05, 0.1) is 22.4 Å². The van der Waals surface area contributed by atoms with Gasteiger partial charge in [0, 0.05) is 6.54 Å². The number of aryl methyl sites for hydroxylation is 1. The van der Waals surface area contributed by atoms with Crippen molar-refractivity contribution >= 4 is 15.9 Å². The Hall–Kier alpha value is -1.13. The second-order valence-electron chi connectivity index (χ2n) is 4.40. The molecule has 96 valence electrons. The third kappa shape index (κ3) is 3.00. The average molecular weight is 308 g/mol. The Labute approximate surface area is 116 Å². The number of hydrogen-bond donors (Lipinski definition) is 1. The quantitative estimate of drug-likeness (QED) is 0.921. The second-order valence-corrected chi connectivity index (χ2v) is 5.25. The van der Waals surface area contributed by atoms with Crippen LogP contribution >= 0.6 is 15.9 Å². The van der Waals surface area contributed by atoms with Gasteiger partial charge in [0.15, 0.2) is 0 Å². The van der Waals surface area contributed by atoms with E-state index >= 15 is 0 Å². The summed E-state index contributed by atoms with van der Waals surface area (Å²) in [5.41, 5.74) is 8.65. The molecule has 3 nitrogen and oxygen atoms in total. The van der Waals surface area contributed by atoms with E-state index in [2.05, 4.69) is 40.1 Å². The van der Waals surface area contributed by atoms with Gasteiger partial charge in [0.1, 0.15) is 0 Å². The van der Waals surface area contributed by atoms with E-state index in [1.54, 1.807) is 0 Å². The average Bonchev–Trinajstić information content (AvgIpc) is 2.72. The Morgan fingerprint density at radius 2 is 2.06 bits per heavy atom. The van der Waals surface area contributed by atoms with Gasteiger partial charge in [0.2, 0.25) is 0 Å². The molecule has 0 saturated carbocycles. The Morgan fingerprint density at radius 3 is 2.72 bits per heavy atom. The lowest BCUT2D eigenvalue weighted by molar-refractivity contribution is 0.536. The maximum absolute atomic E-state index is 6.31. The van der Waals surface area contributed by atoms with E-state index in [9.17, 15) is 0 Å². The van der Waals surface area contributed by atoms with Crippen molar-refractivity contribution in [3.05, 3.63) is 52.3 Å². The summed E-state index contributed by atoms with van der Waals surface area (Å²) < 4.78 is 3.00. The van der Waals surface area contributed by atoms with Crippen LogP contribution in [0.5, 0.6) is 0 Å². The van der Waals surface area contributed by atoms with E-state index in [1.807, 2.05) is 29.1 Å². The molecule has 0 amide bonds. The van der Waals surface area contributed by atoms with Crippen molar-refractivity contribution in [3.8, 4) is 0 Å². The van der Waals surface area contributed by atoms with E-state index in [0.29, 0.717) is 0 Å². The molecule has 0 bridgehead atoms. The molecule has 4 heteroatoms. The molecule has 0 fully saturated rings. The van der Waals surface area contributed by atoms with Crippen LogP contribution in [0.3, 0.4) is 0 Å². The normalized spacial score (nSPS) is 12.6. The van der Waals surface area contributed by atoms with E-state index in [0.717, 1.165) is 29.6 Å². The topological polar surface area (TPSA) is 43.8 Å². The Balaban J connectivity index is 2.18. The van der Waals surface area contributed by atoms with Gasteiger partial charge in [-0.3, -0.25) is 4.68 Å². The molecular weight excluding hydrogens is 290 g/mol. The SMILES string of the molecule is CCCn1ncc(Br)c1C(N)Cc1ccccc1. The first-order chi connectivity index (χ1) is 8.72. The standard InChI is InChI=1S/C14H18BrN3/c1-2-8-18-14(12(15)10-17-18)13(16)9-11-6-4-3-5-7-11/h3-7,10,13H,2,8-9,16H2,1H3. The van der Waals surface area contributed by atoms with Gasteiger partial charge in [-0.05, 0) is 34.3 Å². The lowest BCUT2D eigenvalue weighted by atomic mass is 10.0. The number of rotatable bonds is 5. The number of aromatic nitrogens is 2. The van der Waals surface area contributed by atoms with Crippen LogP contribution in [0.2, 0.25) is 0 Å². The van der Waals surface area contributed by atoms with Crippen molar-refractivity contribution in [3.63, 3.8) is 0 Å². The molecule has 1 heterocycles. The Morgan fingerprint density at radius 1 is 1.33 bits per heavy atom. The molecule has 0 aliphatic rings. The van der Waals surface area contributed by atoms with Crippen LogP contribution in [-0.2, 0) is 13.0 Å². The fourth-order valence-electron chi connectivity index (χ4n) is 2.10. The molecule has 2 rings (SSSR count). The second kappa shape index (κ2) is 6.16. The van der Waals surface area contributed by atoms with Crippen molar-refractivity contribution in [2.24, 2.45) is 5.73 Å². The van der Waals surface area contributed by atoms with Crippen LogP contribution in [0.4, 0.5) is 0 Å². The zero-order valence-corrected chi connectivity index (χ0v) is 12.1. The van der Waals surface area contributed by atoms with E-state index < -0.39 is 0 Å². The largest absolute Gasteiger partial charge is 0.322 e. The zero-order chi connectivity index (χ0) is 13.0. The van der Waals surface area contributed by atoms with Gasteiger partial charge in [-0.1, -0.05) is 37.3 Å². The van der Waals surface area contributed by atoms with Crippen LogP contribution in [0.15, 0.2) is 41.0 Å². The summed E-state index contributed by atoms with van der Waals surface area (Å²) in [6.07, 6.45) is 3.71. The number of nitrogens with two attached hydrogens (primary N) is 1.